The zero-order chi connectivity index (χ0) is 13.9. The molecule has 0 unspecified atom stereocenters. The molecule has 0 radical (unpaired) electrons. The maximum Gasteiger partial charge on any atom is 0.348 e. The highest BCUT2D eigenvalue weighted by Gasteiger charge is 2.27. The first-order chi connectivity index (χ1) is 8.36. The second kappa shape index (κ2) is 5.50. The SMILES string of the molecule is CCOC(=O)c1sc(S(C)(=O)=O)c(C#N)c1CC. The van der Waals surface area contributed by atoms with Crippen molar-refractivity contribution in [2.24, 2.45) is 0 Å². The van der Waals surface area contributed by atoms with Gasteiger partial charge in [-0.1, -0.05) is 6.92 Å². The number of rotatable bonds is 4. The van der Waals surface area contributed by atoms with Crippen molar-refractivity contribution >= 4 is 27.1 Å². The Hall–Kier alpha value is -1.39. The number of carbonyl (C=O) groups excluding carboxylic acids is 1. The van der Waals surface area contributed by atoms with Gasteiger partial charge in [0.25, 0.3) is 0 Å². The average molecular weight is 287 g/mol. The zero-order valence-electron chi connectivity index (χ0n) is 10.3. The number of esters is 1. The standard InChI is InChI=1S/C11H13NO4S2/c1-4-7-8(6-12)11(18(3,14)15)17-9(7)10(13)16-5-2/h4-5H2,1-3H3. The molecule has 0 bridgehead atoms. The third kappa shape index (κ3) is 2.71. The molecule has 98 valence electrons. The van der Waals surface area contributed by atoms with E-state index in [1.165, 1.54) is 0 Å². The lowest BCUT2D eigenvalue weighted by atomic mass is 10.1. The summed E-state index contributed by atoms with van der Waals surface area (Å²) in [4.78, 5) is 11.9. The van der Waals surface area contributed by atoms with Gasteiger partial charge in [0.1, 0.15) is 15.2 Å². The molecular weight excluding hydrogens is 274 g/mol. The Morgan fingerprint density at radius 2 is 2.06 bits per heavy atom. The largest absolute Gasteiger partial charge is 0.462 e. The van der Waals surface area contributed by atoms with Crippen LogP contribution in [-0.4, -0.2) is 27.2 Å². The summed E-state index contributed by atoms with van der Waals surface area (Å²) >= 11 is 0.805. The molecule has 7 heteroatoms. The molecule has 0 fully saturated rings. The first-order valence-electron chi connectivity index (χ1n) is 5.29. The lowest BCUT2D eigenvalue weighted by molar-refractivity contribution is 0.0531. The van der Waals surface area contributed by atoms with Crippen LogP contribution < -0.4 is 0 Å². The molecular formula is C11H13NO4S2. The van der Waals surface area contributed by atoms with E-state index in [0.29, 0.717) is 12.0 Å². The third-order valence-corrected chi connectivity index (χ3v) is 5.28. The highest BCUT2D eigenvalue weighted by atomic mass is 32.2. The number of nitrogens with zero attached hydrogens (tertiary/aromatic N) is 1. The van der Waals surface area contributed by atoms with E-state index in [1.807, 2.05) is 6.07 Å². The summed E-state index contributed by atoms with van der Waals surface area (Å²) in [6.45, 7) is 3.63. The van der Waals surface area contributed by atoms with Crippen molar-refractivity contribution in [2.75, 3.05) is 12.9 Å². The molecule has 1 rings (SSSR count). The molecule has 18 heavy (non-hydrogen) atoms. The predicted molar refractivity (Wildman–Crippen MR) is 67.5 cm³/mol. The molecule has 0 amide bonds. The van der Waals surface area contributed by atoms with Gasteiger partial charge in [0.05, 0.1) is 12.2 Å². The maximum absolute atomic E-state index is 11.7. The summed E-state index contributed by atoms with van der Waals surface area (Å²) in [5, 5.41) is 9.06. The second-order valence-electron chi connectivity index (χ2n) is 3.53. The number of nitriles is 1. The van der Waals surface area contributed by atoms with Crippen LogP contribution in [0.25, 0.3) is 0 Å². The first-order valence-corrected chi connectivity index (χ1v) is 8.00. The van der Waals surface area contributed by atoms with Gasteiger partial charge in [-0.05, 0) is 18.9 Å². The van der Waals surface area contributed by atoms with Gasteiger partial charge in [0.2, 0.25) is 0 Å². The van der Waals surface area contributed by atoms with Crippen LogP contribution >= 0.6 is 11.3 Å². The van der Waals surface area contributed by atoms with E-state index >= 15 is 0 Å². The number of carbonyl (C=O) groups is 1. The van der Waals surface area contributed by atoms with Crippen LogP contribution in [-0.2, 0) is 21.0 Å². The lowest BCUT2D eigenvalue weighted by Gasteiger charge is -2.00. The number of thiophene rings is 1. The van der Waals surface area contributed by atoms with Crippen LogP contribution in [0.3, 0.4) is 0 Å². The zero-order valence-corrected chi connectivity index (χ0v) is 11.9. The van der Waals surface area contributed by atoms with Crippen molar-refractivity contribution in [3.8, 4) is 6.07 Å². The first kappa shape index (κ1) is 14.7. The molecule has 0 aliphatic carbocycles. The van der Waals surface area contributed by atoms with E-state index in [9.17, 15) is 13.2 Å². The number of hydrogen-bond acceptors (Lipinski definition) is 6. The van der Waals surface area contributed by atoms with E-state index < -0.39 is 15.8 Å². The van der Waals surface area contributed by atoms with E-state index in [-0.39, 0.29) is 21.3 Å². The monoisotopic (exact) mass is 287 g/mol. The van der Waals surface area contributed by atoms with E-state index in [4.69, 9.17) is 10.00 Å². The molecule has 0 saturated carbocycles. The Bertz CT molecular complexity index is 608. The molecule has 5 nitrogen and oxygen atoms in total. The van der Waals surface area contributed by atoms with Crippen molar-refractivity contribution in [2.45, 2.75) is 24.5 Å². The van der Waals surface area contributed by atoms with Crippen molar-refractivity contribution in [1.82, 2.24) is 0 Å². The van der Waals surface area contributed by atoms with Gasteiger partial charge in [-0.25, -0.2) is 13.2 Å². The lowest BCUT2D eigenvalue weighted by Crippen LogP contribution is -2.05. The fraction of sp³-hybridized carbons (Fsp3) is 0.455. The Balaban J connectivity index is 3.52. The molecule has 0 aliphatic rings. The number of sulfone groups is 1. The molecule has 0 aromatic carbocycles. The van der Waals surface area contributed by atoms with Crippen LogP contribution in [0, 0.1) is 11.3 Å². The van der Waals surface area contributed by atoms with Gasteiger partial charge in [-0.3, -0.25) is 0 Å². The molecule has 1 aromatic heterocycles. The average Bonchev–Trinajstić information content (AvgIpc) is 2.67. The molecule has 1 heterocycles. The van der Waals surface area contributed by atoms with E-state index in [2.05, 4.69) is 0 Å². The van der Waals surface area contributed by atoms with Gasteiger partial charge in [0.15, 0.2) is 9.84 Å². The minimum Gasteiger partial charge on any atom is -0.462 e. The van der Waals surface area contributed by atoms with E-state index in [1.54, 1.807) is 13.8 Å². The van der Waals surface area contributed by atoms with Crippen molar-refractivity contribution in [1.29, 1.82) is 5.26 Å². The minimum absolute atomic E-state index is 0.0630. The third-order valence-electron chi connectivity index (χ3n) is 2.24. The highest BCUT2D eigenvalue weighted by molar-refractivity contribution is 7.92. The van der Waals surface area contributed by atoms with Crippen LogP contribution in [0.5, 0.6) is 0 Å². The van der Waals surface area contributed by atoms with Crippen LogP contribution in [0.2, 0.25) is 0 Å². The molecule has 0 saturated heterocycles. The van der Waals surface area contributed by atoms with Crippen molar-refractivity contribution in [3.63, 3.8) is 0 Å². The Kier molecular flexibility index (Phi) is 4.48. The van der Waals surface area contributed by atoms with Crippen LogP contribution in [0.15, 0.2) is 4.21 Å². The Morgan fingerprint density at radius 1 is 1.44 bits per heavy atom. The smallest absolute Gasteiger partial charge is 0.348 e. The molecule has 0 atom stereocenters. The maximum atomic E-state index is 11.7. The summed E-state index contributed by atoms with van der Waals surface area (Å²) in [5.41, 5.74) is 0.509. The normalized spacial score (nSPS) is 11.0. The number of hydrogen-bond donors (Lipinski definition) is 0. The Labute approximate surface area is 110 Å². The summed E-state index contributed by atoms with van der Waals surface area (Å²) in [7, 11) is -3.52. The topological polar surface area (TPSA) is 84.2 Å². The molecule has 1 aromatic rings. The number of ether oxygens (including phenoxy) is 1. The fourth-order valence-corrected chi connectivity index (χ4v) is 3.88. The van der Waals surface area contributed by atoms with Gasteiger partial charge in [-0.15, -0.1) is 11.3 Å². The van der Waals surface area contributed by atoms with E-state index in [0.717, 1.165) is 17.6 Å². The summed E-state index contributed by atoms with van der Waals surface area (Å²) in [6.07, 6.45) is 1.43. The van der Waals surface area contributed by atoms with Gasteiger partial charge in [0, 0.05) is 6.26 Å². The van der Waals surface area contributed by atoms with Crippen molar-refractivity contribution in [3.05, 3.63) is 16.0 Å². The van der Waals surface area contributed by atoms with Crippen LogP contribution in [0.1, 0.15) is 34.6 Å². The molecule has 0 aliphatic heterocycles. The molecule has 0 spiro atoms. The summed E-state index contributed by atoms with van der Waals surface area (Å²) in [6, 6.07) is 1.86. The van der Waals surface area contributed by atoms with Gasteiger partial charge >= 0.3 is 5.97 Å². The van der Waals surface area contributed by atoms with Gasteiger partial charge < -0.3 is 4.74 Å². The van der Waals surface area contributed by atoms with Gasteiger partial charge in [-0.2, -0.15) is 5.26 Å². The molecule has 0 N–H and O–H groups in total. The highest BCUT2D eigenvalue weighted by Crippen LogP contribution is 2.32. The minimum atomic E-state index is -3.52. The van der Waals surface area contributed by atoms with Crippen molar-refractivity contribution < 1.29 is 17.9 Å². The Morgan fingerprint density at radius 3 is 2.44 bits per heavy atom. The second-order valence-corrected chi connectivity index (χ2v) is 6.76. The fourth-order valence-electron chi connectivity index (χ4n) is 1.52. The summed E-state index contributed by atoms with van der Waals surface area (Å²) in [5.74, 6) is -0.578. The quantitative estimate of drug-likeness (QED) is 0.788. The summed E-state index contributed by atoms with van der Waals surface area (Å²) < 4.78 is 28.0. The van der Waals surface area contributed by atoms with Crippen LogP contribution in [0.4, 0.5) is 0 Å². The predicted octanol–water partition coefficient (Wildman–Crippen LogP) is 1.76.